The lowest BCUT2D eigenvalue weighted by atomic mass is 10.0. The van der Waals surface area contributed by atoms with Gasteiger partial charge >= 0.3 is 5.97 Å². The molecule has 0 unspecified atom stereocenters. The summed E-state index contributed by atoms with van der Waals surface area (Å²) in [4.78, 5) is 23.1. The van der Waals surface area contributed by atoms with Gasteiger partial charge in [0.2, 0.25) is 0 Å². The molecule has 0 saturated carbocycles. The van der Waals surface area contributed by atoms with Crippen molar-refractivity contribution in [1.82, 2.24) is 0 Å². The van der Waals surface area contributed by atoms with E-state index in [1.807, 2.05) is 12.1 Å². The van der Waals surface area contributed by atoms with Gasteiger partial charge in [0.05, 0.1) is 6.61 Å². The number of carbonyl (C=O) groups excluding carboxylic acids is 2. The first-order valence-electron chi connectivity index (χ1n) is 5.95. The van der Waals surface area contributed by atoms with Crippen molar-refractivity contribution in [1.29, 1.82) is 0 Å². The number of ketones is 1. The minimum atomic E-state index is -0.765. The van der Waals surface area contributed by atoms with Crippen molar-refractivity contribution >= 4 is 11.8 Å². The summed E-state index contributed by atoms with van der Waals surface area (Å²) in [5, 5.41) is 0. The third-order valence-corrected chi connectivity index (χ3v) is 3.07. The minimum Gasteiger partial charge on any atom is -0.460 e. The normalized spacial score (nSPS) is 17.6. The van der Waals surface area contributed by atoms with Crippen molar-refractivity contribution < 1.29 is 14.3 Å². The first-order valence-corrected chi connectivity index (χ1v) is 5.95. The predicted octanol–water partition coefficient (Wildman–Crippen LogP) is 2.17. The first kappa shape index (κ1) is 11.8. The van der Waals surface area contributed by atoms with E-state index in [0.29, 0.717) is 11.5 Å². The Balaban J connectivity index is 2.21. The fourth-order valence-corrected chi connectivity index (χ4v) is 2.29. The fourth-order valence-electron chi connectivity index (χ4n) is 2.29. The number of hydrogen-bond donors (Lipinski definition) is 0. The second-order valence-electron chi connectivity index (χ2n) is 4.55. The lowest BCUT2D eigenvalue weighted by molar-refractivity contribution is -0.137. The molecule has 0 aromatic heterocycles. The second-order valence-corrected chi connectivity index (χ2v) is 4.55. The molecule has 0 aliphatic heterocycles. The molecule has 0 bridgehead atoms. The zero-order valence-corrected chi connectivity index (χ0v) is 10.2. The summed E-state index contributed by atoms with van der Waals surface area (Å²) >= 11 is 0. The summed E-state index contributed by atoms with van der Waals surface area (Å²) in [6.45, 7) is 4.11. The molecule has 0 radical (unpaired) electrons. The highest BCUT2D eigenvalue weighted by molar-refractivity contribution is 6.40. The Labute approximate surface area is 101 Å². The van der Waals surface area contributed by atoms with Gasteiger partial charge in [-0.1, -0.05) is 19.1 Å². The number of carbonyl (C=O) groups is 2. The third kappa shape index (κ3) is 2.38. The van der Waals surface area contributed by atoms with Crippen LogP contribution < -0.4 is 0 Å². The molecule has 17 heavy (non-hydrogen) atoms. The summed E-state index contributed by atoms with van der Waals surface area (Å²) in [6.07, 6.45) is 2.04. The highest BCUT2D eigenvalue weighted by atomic mass is 16.5. The Kier molecular flexibility index (Phi) is 3.27. The Morgan fingerprint density at radius 3 is 2.71 bits per heavy atom. The van der Waals surface area contributed by atoms with Gasteiger partial charge in [-0.05, 0) is 42.9 Å². The standard InChI is InChI=1S/C14H16O3/c1-3-17-14(16)13(15)11-5-4-10-6-9(2)7-12(10)8-11/h4-5,8-9H,3,6-7H2,1-2H3/t9-/m1/s1. The van der Waals surface area contributed by atoms with E-state index >= 15 is 0 Å². The van der Waals surface area contributed by atoms with Crippen molar-refractivity contribution in [3.63, 3.8) is 0 Å². The third-order valence-electron chi connectivity index (χ3n) is 3.07. The number of esters is 1. The Bertz CT molecular complexity index is 463. The zero-order valence-electron chi connectivity index (χ0n) is 10.2. The van der Waals surface area contributed by atoms with E-state index in [0.717, 1.165) is 12.8 Å². The van der Waals surface area contributed by atoms with Gasteiger partial charge in [0, 0.05) is 5.56 Å². The Hall–Kier alpha value is -1.64. The molecular weight excluding hydrogens is 216 g/mol. The quantitative estimate of drug-likeness (QED) is 0.455. The van der Waals surface area contributed by atoms with Gasteiger partial charge < -0.3 is 4.74 Å². The molecule has 90 valence electrons. The van der Waals surface area contributed by atoms with Crippen LogP contribution in [0.4, 0.5) is 0 Å². The average Bonchev–Trinajstić information content (AvgIpc) is 2.67. The molecule has 1 aliphatic rings. The molecule has 0 amide bonds. The molecule has 3 nitrogen and oxygen atoms in total. The molecular formula is C14H16O3. The van der Waals surface area contributed by atoms with E-state index < -0.39 is 11.8 Å². The molecule has 1 aromatic carbocycles. The topological polar surface area (TPSA) is 43.4 Å². The molecule has 0 fully saturated rings. The molecule has 0 saturated heterocycles. The van der Waals surface area contributed by atoms with Crippen LogP contribution in [0.25, 0.3) is 0 Å². The van der Waals surface area contributed by atoms with E-state index in [1.54, 1.807) is 13.0 Å². The van der Waals surface area contributed by atoms with E-state index in [-0.39, 0.29) is 6.61 Å². The summed E-state index contributed by atoms with van der Waals surface area (Å²) in [7, 11) is 0. The number of hydrogen-bond acceptors (Lipinski definition) is 3. The van der Waals surface area contributed by atoms with Crippen LogP contribution in [-0.2, 0) is 22.4 Å². The summed E-state index contributed by atoms with van der Waals surface area (Å²) in [5.74, 6) is -0.689. The van der Waals surface area contributed by atoms with E-state index in [2.05, 4.69) is 6.92 Å². The van der Waals surface area contributed by atoms with Crippen LogP contribution in [0.2, 0.25) is 0 Å². The predicted molar refractivity (Wildman–Crippen MR) is 64.0 cm³/mol. The average molecular weight is 232 g/mol. The molecule has 1 aliphatic carbocycles. The van der Waals surface area contributed by atoms with Crippen molar-refractivity contribution in [3.8, 4) is 0 Å². The smallest absolute Gasteiger partial charge is 0.379 e. The van der Waals surface area contributed by atoms with Crippen molar-refractivity contribution in [2.75, 3.05) is 6.61 Å². The second kappa shape index (κ2) is 4.70. The molecule has 0 heterocycles. The number of benzene rings is 1. The van der Waals surface area contributed by atoms with E-state index in [1.165, 1.54) is 11.1 Å². The molecule has 3 heteroatoms. The van der Waals surface area contributed by atoms with E-state index in [4.69, 9.17) is 4.74 Å². The number of rotatable bonds is 3. The SMILES string of the molecule is CCOC(=O)C(=O)c1ccc2c(c1)C[C@H](C)C2. The Morgan fingerprint density at radius 2 is 2.00 bits per heavy atom. The summed E-state index contributed by atoms with van der Waals surface area (Å²) < 4.78 is 4.71. The van der Waals surface area contributed by atoms with Gasteiger partial charge in [-0.15, -0.1) is 0 Å². The lowest BCUT2D eigenvalue weighted by Crippen LogP contribution is -2.17. The van der Waals surface area contributed by atoms with Gasteiger partial charge in [0.25, 0.3) is 5.78 Å². The zero-order chi connectivity index (χ0) is 12.4. The first-order chi connectivity index (χ1) is 8.11. The molecule has 1 atom stereocenters. The number of ether oxygens (including phenoxy) is 1. The number of fused-ring (bicyclic) bond motifs is 1. The largest absolute Gasteiger partial charge is 0.460 e. The fraction of sp³-hybridized carbons (Fsp3) is 0.429. The molecule has 1 aromatic rings. The molecule has 0 N–H and O–H groups in total. The van der Waals surface area contributed by atoms with Crippen LogP contribution >= 0.6 is 0 Å². The highest BCUT2D eigenvalue weighted by Gasteiger charge is 2.22. The van der Waals surface area contributed by atoms with Crippen molar-refractivity contribution in [2.45, 2.75) is 26.7 Å². The Morgan fingerprint density at radius 1 is 1.29 bits per heavy atom. The maximum absolute atomic E-state index is 11.7. The summed E-state index contributed by atoms with van der Waals surface area (Å²) in [6, 6.07) is 5.50. The van der Waals surface area contributed by atoms with Gasteiger partial charge in [0.15, 0.2) is 0 Å². The molecule has 0 spiro atoms. The number of Topliss-reactive ketones (excluding diaryl/α,β-unsaturated/α-hetero) is 1. The van der Waals surface area contributed by atoms with Gasteiger partial charge in [-0.3, -0.25) is 4.79 Å². The maximum atomic E-state index is 11.7. The van der Waals surface area contributed by atoms with Crippen molar-refractivity contribution in [2.24, 2.45) is 5.92 Å². The summed E-state index contributed by atoms with van der Waals surface area (Å²) in [5.41, 5.74) is 2.92. The van der Waals surface area contributed by atoms with Crippen LogP contribution in [-0.4, -0.2) is 18.4 Å². The lowest BCUT2D eigenvalue weighted by Gasteiger charge is -2.03. The minimum absolute atomic E-state index is 0.229. The maximum Gasteiger partial charge on any atom is 0.379 e. The van der Waals surface area contributed by atoms with Crippen LogP contribution in [0.15, 0.2) is 18.2 Å². The van der Waals surface area contributed by atoms with E-state index in [9.17, 15) is 9.59 Å². The van der Waals surface area contributed by atoms with Crippen LogP contribution in [0.1, 0.15) is 35.3 Å². The van der Waals surface area contributed by atoms with Gasteiger partial charge in [0.1, 0.15) is 0 Å². The monoisotopic (exact) mass is 232 g/mol. The highest BCUT2D eigenvalue weighted by Crippen LogP contribution is 2.27. The van der Waals surface area contributed by atoms with Crippen molar-refractivity contribution in [3.05, 3.63) is 34.9 Å². The van der Waals surface area contributed by atoms with Crippen LogP contribution in [0, 0.1) is 5.92 Å². The van der Waals surface area contributed by atoms with Gasteiger partial charge in [-0.2, -0.15) is 0 Å². The van der Waals surface area contributed by atoms with Crippen LogP contribution in [0.3, 0.4) is 0 Å². The molecule has 2 rings (SSSR count). The van der Waals surface area contributed by atoms with Crippen LogP contribution in [0.5, 0.6) is 0 Å². The van der Waals surface area contributed by atoms with Gasteiger partial charge in [-0.25, -0.2) is 4.79 Å².